The second-order valence-electron chi connectivity index (χ2n) is 5.94. The molecule has 0 aliphatic carbocycles. The van der Waals surface area contributed by atoms with Crippen LogP contribution in [-0.4, -0.2) is 40.5 Å². The summed E-state index contributed by atoms with van der Waals surface area (Å²) < 4.78 is 5.38. The van der Waals surface area contributed by atoms with Gasteiger partial charge in [-0.3, -0.25) is 4.79 Å². The summed E-state index contributed by atoms with van der Waals surface area (Å²) in [5, 5.41) is 24.9. The molecule has 3 N–H and O–H groups in total. The van der Waals surface area contributed by atoms with Gasteiger partial charge in [0.15, 0.2) is 0 Å². The molecule has 0 spiro atoms. The number of carbonyl (C=O) groups is 1. The number of aliphatic hydroxyl groups excluding tert-OH is 2. The molecular formula is C20H20N2O4. The number of nitrogens with one attached hydrogen (secondary N) is 1. The summed E-state index contributed by atoms with van der Waals surface area (Å²) in [7, 11) is 0. The van der Waals surface area contributed by atoms with Crippen molar-refractivity contribution in [2.24, 2.45) is 0 Å². The van der Waals surface area contributed by atoms with Gasteiger partial charge >= 0.3 is 0 Å². The molecule has 26 heavy (non-hydrogen) atoms. The first kappa shape index (κ1) is 17.8. The van der Waals surface area contributed by atoms with Gasteiger partial charge in [-0.15, -0.1) is 0 Å². The third-order valence-electron chi connectivity index (χ3n) is 4.12. The van der Waals surface area contributed by atoms with Crippen LogP contribution in [0.15, 0.2) is 59.1 Å². The molecule has 1 amide bonds. The summed E-state index contributed by atoms with van der Waals surface area (Å²) in [6.07, 6.45) is 0. The van der Waals surface area contributed by atoms with Crippen LogP contribution in [0.1, 0.15) is 16.1 Å². The average Bonchev–Trinajstić information content (AvgIpc) is 3.08. The Morgan fingerprint density at radius 2 is 1.69 bits per heavy atom. The molecule has 2 aromatic carbocycles. The van der Waals surface area contributed by atoms with E-state index in [1.807, 2.05) is 49.4 Å². The highest BCUT2D eigenvalue weighted by Gasteiger charge is 2.17. The Labute approximate surface area is 151 Å². The fraction of sp³-hybridized carbons (Fsp3) is 0.200. The molecule has 6 nitrogen and oxygen atoms in total. The minimum absolute atomic E-state index is 0.319. The number of carbonyl (C=O) groups excluding carboxylic acids is 1. The highest BCUT2D eigenvalue weighted by molar-refractivity contribution is 5.95. The van der Waals surface area contributed by atoms with Crippen molar-refractivity contribution in [1.82, 2.24) is 10.5 Å². The van der Waals surface area contributed by atoms with Crippen molar-refractivity contribution in [3.05, 3.63) is 65.9 Å². The summed E-state index contributed by atoms with van der Waals surface area (Å²) in [4.78, 5) is 12.2. The van der Waals surface area contributed by atoms with Crippen LogP contribution in [0.3, 0.4) is 0 Å². The van der Waals surface area contributed by atoms with Gasteiger partial charge in [0.1, 0.15) is 11.5 Å². The molecule has 134 valence electrons. The molecule has 0 bridgehead atoms. The van der Waals surface area contributed by atoms with Crippen LogP contribution in [-0.2, 0) is 0 Å². The van der Waals surface area contributed by atoms with Crippen LogP contribution >= 0.6 is 0 Å². The molecule has 0 aliphatic heterocycles. The lowest BCUT2D eigenvalue weighted by molar-refractivity contribution is 0.0879. The van der Waals surface area contributed by atoms with Crippen LogP contribution in [0.25, 0.3) is 22.4 Å². The Morgan fingerprint density at radius 1 is 1.04 bits per heavy atom. The third kappa shape index (κ3) is 3.66. The summed E-state index contributed by atoms with van der Waals surface area (Å²) in [5.41, 5.74) is 3.92. The predicted molar refractivity (Wildman–Crippen MR) is 97.5 cm³/mol. The monoisotopic (exact) mass is 352 g/mol. The number of aryl methyl sites for hydroxylation is 1. The number of hydrogen-bond acceptors (Lipinski definition) is 5. The smallest absolute Gasteiger partial charge is 0.251 e. The van der Waals surface area contributed by atoms with Crippen LogP contribution in [0, 0.1) is 6.92 Å². The van der Waals surface area contributed by atoms with E-state index in [9.17, 15) is 4.79 Å². The predicted octanol–water partition coefficient (Wildman–Crippen LogP) is 2.40. The number of hydrogen-bond donors (Lipinski definition) is 3. The van der Waals surface area contributed by atoms with E-state index in [0.29, 0.717) is 11.3 Å². The number of amides is 1. The number of rotatable bonds is 6. The van der Waals surface area contributed by atoms with Crippen molar-refractivity contribution in [2.75, 3.05) is 13.2 Å². The van der Waals surface area contributed by atoms with Gasteiger partial charge in [0, 0.05) is 11.1 Å². The Bertz CT molecular complexity index is 869. The van der Waals surface area contributed by atoms with Crippen LogP contribution in [0.5, 0.6) is 0 Å². The van der Waals surface area contributed by atoms with E-state index >= 15 is 0 Å². The first-order valence-electron chi connectivity index (χ1n) is 8.28. The van der Waals surface area contributed by atoms with E-state index in [1.165, 1.54) is 0 Å². The number of aliphatic hydroxyl groups is 2. The zero-order valence-corrected chi connectivity index (χ0v) is 14.3. The summed E-state index contributed by atoms with van der Waals surface area (Å²) >= 11 is 0. The Hall–Kier alpha value is -2.96. The SMILES string of the molecule is Cc1onc(-c2ccccc2)c1-c1ccc(C(=O)NC(CO)CO)cc1. The molecule has 1 heterocycles. The Balaban J connectivity index is 1.88. The van der Waals surface area contributed by atoms with Crippen molar-refractivity contribution in [1.29, 1.82) is 0 Å². The highest BCUT2D eigenvalue weighted by Crippen LogP contribution is 2.34. The maximum atomic E-state index is 12.2. The van der Waals surface area contributed by atoms with Gasteiger partial charge in [-0.25, -0.2) is 0 Å². The molecule has 0 unspecified atom stereocenters. The van der Waals surface area contributed by atoms with Crippen molar-refractivity contribution in [3.8, 4) is 22.4 Å². The van der Waals surface area contributed by atoms with Crippen molar-refractivity contribution < 1.29 is 19.5 Å². The minimum atomic E-state index is -0.674. The maximum Gasteiger partial charge on any atom is 0.251 e. The van der Waals surface area contributed by atoms with Crippen LogP contribution in [0.4, 0.5) is 0 Å². The highest BCUT2D eigenvalue weighted by atomic mass is 16.5. The molecule has 0 saturated carbocycles. The Morgan fingerprint density at radius 3 is 2.31 bits per heavy atom. The standard InChI is InChI=1S/C20H20N2O4/c1-13-18(19(22-26-13)15-5-3-2-4-6-15)14-7-9-16(10-8-14)20(25)21-17(11-23)12-24/h2-10,17,23-24H,11-12H2,1H3,(H,21,25). The zero-order valence-electron chi connectivity index (χ0n) is 14.3. The van der Waals surface area contributed by atoms with Gasteiger partial charge in [0.2, 0.25) is 0 Å². The largest absolute Gasteiger partial charge is 0.394 e. The quantitative estimate of drug-likeness (QED) is 0.633. The summed E-state index contributed by atoms with van der Waals surface area (Å²) in [6.45, 7) is 1.21. The van der Waals surface area contributed by atoms with E-state index in [1.54, 1.807) is 12.1 Å². The minimum Gasteiger partial charge on any atom is -0.394 e. The Kier molecular flexibility index (Phi) is 5.46. The molecule has 1 aromatic heterocycles. The molecule has 3 aromatic rings. The number of aromatic nitrogens is 1. The van der Waals surface area contributed by atoms with Crippen molar-refractivity contribution in [2.45, 2.75) is 13.0 Å². The van der Waals surface area contributed by atoms with E-state index in [2.05, 4.69) is 10.5 Å². The molecule has 0 atom stereocenters. The van der Waals surface area contributed by atoms with Crippen LogP contribution < -0.4 is 5.32 Å². The second kappa shape index (κ2) is 7.95. The molecule has 0 aliphatic rings. The second-order valence-corrected chi connectivity index (χ2v) is 5.94. The maximum absolute atomic E-state index is 12.2. The van der Waals surface area contributed by atoms with E-state index < -0.39 is 6.04 Å². The molecular weight excluding hydrogens is 332 g/mol. The lowest BCUT2D eigenvalue weighted by Crippen LogP contribution is -2.40. The number of benzene rings is 2. The van der Waals surface area contributed by atoms with Gasteiger partial charge in [-0.05, 0) is 24.6 Å². The molecule has 0 saturated heterocycles. The fourth-order valence-corrected chi connectivity index (χ4v) is 2.71. The van der Waals surface area contributed by atoms with E-state index in [0.717, 1.165) is 22.4 Å². The van der Waals surface area contributed by atoms with E-state index in [4.69, 9.17) is 14.7 Å². The van der Waals surface area contributed by atoms with Gasteiger partial charge in [0.05, 0.1) is 24.8 Å². The molecule has 0 fully saturated rings. The first-order chi connectivity index (χ1) is 12.6. The molecule has 3 rings (SSSR count). The zero-order chi connectivity index (χ0) is 18.5. The lowest BCUT2D eigenvalue weighted by atomic mass is 9.98. The molecule has 0 radical (unpaired) electrons. The van der Waals surface area contributed by atoms with Crippen LogP contribution in [0.2, 0.25) is 0 Å². The third-order valence-corrected chi connectivity index (χ3v) is 4.12. The lowest BCUT2D eigenvalue weighted by Gasteiger charge is -2.13. The topological polar surface area (TPSA) is 95.6 Å². The number of nitrogens with zero attached hydrogens (tertiary/aromatic N) is 1. The average molecular weight is 352 g/mol. The van der Waals surface area contributed by atoms with Crippen molar-refractivity contribution >= 4 is 5.91 Å². The van der Waals surface area contributed by atoms with Gasteiger partial charge in [-0.2, -0.15) is 0 Å². The first-order valence-corrected chi connectivity index (χ1v) is 8.28. The summed E-state index contributed by atoms with van der Waals surface area (Å²) in [6, 6.07) is 16.1. The van der Waals surface area contributed by atoms with E-state index in [-0.39, 0.29) is 19.1 Å². The molecule has 6 heteroatoms. The van der Waals surface area contributed by atoms with Gasteiger partial charge < -0.3 is 20.1 Å². The summed E-state index contributed by atoms with van der Waals surface area (Å²) in [5.74, 6) is 0.344. The fourth-order valence-electron chi connectivity index (χ4n) is 2.71. The normalized spacial score (nSPS) is 10.9. The van der Waals surface area contributed by atoms with Gasteiger partial charge in [0.25, 0.3) is 5.91 Å². The van der Waals surface area contributed by atoms with Crippen molar-refractivity contribution in [3.63, 3.8) is 0 Å². The van der Waals surface area contributed by atoms with Gasteiger partial charge in [-0.1, -0.05) is 47.6 Å².